The summed E-state index contributed by atoms with van der Waals surface area (Å²) in [5.74, 6) is 0.265. The number of halogens is 5. The lowest BCUT2D eigenvalue weighted by Crippen LogP contribution is -1.95. The molecule has 0 aliphatic heterocycles. The summed E-state index contributed by atoms with van der Waals surface area (Å²) in [6.45, 7) is 1.98. The quantitative estimate of drug-likeness (QED) is 0.339. The van der Waals surface area contributed by atoms with E-state index in [1.807, 2.05) is 6.92 Å². The van der Waals surface area contributed by atoms with E-state index in [-0.39, 0.29) is 16.7 Å². The first kappa shape index (κ1) is 22.1. The maximum atomic E-state index is 14.5. The van der Waals surface area contributed by atoms with Gasteiger partial charge in [-0.05, 0) is 60.4 Å². The van der Waals surface area contributed by atoms with Crippen LogP contribution in [0.2, 0.25) is 0 Å². The van der Waals surface area contributed by atoms with Crippen molar-refractivity contribution in [2.45, 2.75) is 26.2 Å². The van der Waals surface area contributed by atoms with Crippen LogP contribution in [0.15, 0.2) is 42.5 Å². The molecular weight excluding hydrogens is 409 g/mol. The van der Waals surface area contributed by atoms with E-state index in [0.29, 0.717) is 12.0 Å². The van der Waals surface area contributed by atoms with E-state index in [1.165, 1.54) is 30.3 Å². The van der Waals surface area contributed by atoms with Crippen LogP contribution in [0, 0.1) is 52.3 Å². The predicted molar refractivity (Wildman–Crippen MR) is 107 cm³/mol. The third kappa shape index (κ3) is 4.92. The Morgan fingerprint density at radius 3 is 1.90 bits per heavy atom. The summed E-state index contributed by atoms with van der Waals surface area (Å²) in [4.78, 5) is 0. The lowest BCUT2D eigenvalue weighted by Gasteiger charge is -2.06. The molecule has 0 amide bonds. The van der Waals surface area contributed by atoms with Crippen LogP contribution in [-0.2, 0) is 6.42 Å². The van der Waals surface area contributed by atoms with Crippen LogP contribution in [0.25, 0.3) is 11.1 Å². The fourth-order valence-electron chi connectivity index (χ4n) is 3.07. The first-order valence-electron chi connectivity index (χ1n) is 9.53. The zero-order chi connectivity index (χ0) is 22.5. The van der Waals surface area contributed by atoms with Crippen LogP contribution >= 0.6 is 0 Å². The first-order valence-corrected chi connectivity index (χ1v) is 9.53. The topological polar surface area (TPSA) is 23.8 Å². The third-order valence-corrected chi connectivity index (χ3v) is 4.69. The summed E-state index contributed by atoms with van der Waals surface area (Å²) in [5, 5.41) is 8.72. The van der Waals surface area contributed by atoms with Crippen molar-refractivity contribution in [2.24, 2.45) is 0 Å². The Labute approximate surface area is 176 Å². The number of benzene rings is 3. The molecule has 0 aromatic heterocycles. The minimum atomic E-state index is -1.10. The molecule has 0 unspecified atom stereocenters. The highest BCUT2D eigenvalue weighted by molar-refractivity contribution is 5.66. The summed E-state index contributed by atoms with van der Waals surface area (Å²) in [7, 11) is 0. The van der Waals surface area contributed by atoms with Crippen LogP contribution in [-0.4, -0.2) is 0 Å². The maximum absolute atomic E-state index is 14.5. The number of hydrogen-bond acceptors (Lipinski definition) is 1. The summed E-state index contributed by atoms with van der Waals surface area (Å²) >= 11 is 0. The van der Waals surface area contributed by atoms with Crippen molar-refractivity contribution in [3.63, 3.8) is 0 Å². The standard InChI is InChI=1S/C25H16F5N/c1-2-3-4-16-10-22(27)19(23(28)11-16)8-6-15-5-7-18(21(26)9-15)17-12-24(29)20(14-31)25(30)13-17/h5,7,9-13H,2-4H2,1H3. The minimum Gasteiger partial charge on any atom is -0.206 e. The summed E-state index contributed by atoms with van der Waals surface area (Å²) in [6, 6.07) is 9.20. The molecule has 0 saturated carbocycles. The van der Waals surface area contributed by atoms with Gasteiger partial charge in [0.25, 0.3) is 0 Å². The highest BCUT2D eigenvalue weighted by atomic mass is 19.1. The monoisotopic (exact) mass is 425 g/mol. The molecule has 0 atom stereocenters. The molecule has 0 heterocycles. The van der Waals surface area contributed by atoms with Crippen molar-refractivity contribution in [1.29, 1.82) is 5.26 Å². The molecular formula is C25H16F5N. The summed E-state index contributed by atoms with van der Waals surface area (Å²) < 4.78 is 70.6. The molecule has 0 bridgehead atoms. The molecule has 0 aliphatic rings. The Kier molecular flexibility index (Phi) is 6.72. The molecule has 156 valence electrons. The van der Waals surface area contributed by atoms with Gasteiger partial charge in [0.05, 0.1) is 5.56 Å². The van der Waals surface area contributed by atoms with Crippen molar-refractivity contribution < 1.29 is 22.0 Å². The molecule has 3 aromatic rings. The van der Waals surface area contributed by atoms with Crippen LogP contribution in [0.1, 0.15) is 42.0 Å². The van der Waals surface area contributed by atoms with E-state index < -0.39 is 40.2 Å². The van der Waals surface area contributed by atoms with Gasteiger partial charge in [-0.2, -0.15) is 5.26 Å². The van der Waals surface area contributed by atoms with Crippen molar-refractivity contribution in [3.8, 4) is 29.0 Å². The molecule has 3 rings (SSSR count). The van der Waals surface area contributed by atoms with Gasteiger partial charge in [0, 0.05) is 11.1 Å². The lowest BCUT2D eigenvalue weighted by atomic mass is 10.0. The SMILES string of the molecule is CCCCc1cc(F)c(C#Cc2ccc(-c3cc(F)c(C#N)c(F)c3)c(F)c2)c(F)c1. The predicted octanol–water partition coefficient (Wildman–Crippen LogP) is 6.66. The van der Waals surface area contributed by atoms with Crippen LogP contribution < -0.4 is 0 Å². The van der Waals surface area contributed by atoms with Gasteiger partial charge in [-0.1, -0.05) is 31.3 Å². The van der Waals surface area contributed by atoms with E-state index in [0.717, 1.165) is 31.0 Å². The van der Waals surface area contributed by atoms with Gasteiger partial charge in [0.2, 0.25) is 0 Å². The fraction of sp³-hybridized carbons (Fsp3) is 0.160. The second-order valence-electron chi connectivity index (χ2n) is 6.91. The van der Waals surface area contributed by atoms with Crippen molar-refractivity contribution in [3.05, 3.63) is 93.8 Å². The van der Waals surface area contributed by atoms with Crippen molar-refractivity contribution >= 4 is 0 Å². The van der Waals surface area contributed by atoms with Crippen molar-refractivity contribution in [1.82, 2.24) is 0 Å². The lowest BCUT2D eigenvalue weighted by molar-refractivity contribution is 0.572. The molecule has 1 nitrogen and oxygen atoms in total. The molecule has 0 N–H and O–H groups in total. The maximum Gasteiger partial charge on any atom is 0.144 e. The Bertz CT molecular complexity index is 1200. The van der Waals surface area contributed by atoms with E-state index in [1.54, 1.807) is 0 Å². The highest BCUT2D eigenvalue weighted by Gasteiger charge is 2.14. The van der Waals surface area contributed by atoms with Gasteiger partial charge in [-0.15, -0.1) is 0 Å². The second-order valence-corrected chi connectivity index (χ2v) is 6.91. The normalized spacial score (nSPS) is 10.4. The molecule has 0 spiro atoms. The highest BCUT2D eigenvalue weighted by Crippen LogP contribution is 2.27. The van der Waals surface area contributed by atoms with Crippen LogP contribution in [0.3, 0.4) is 0 Å². The number of unbranched alkanes of at least 4 members (excludes halogenated alkanes) is 1. The Morgan fingerprint density at radius 2 is 1.35 bits per heavy atom. The van der Waals surface area contributed by atoms with Crippen molar-refractivity contribution in [2.75, 3.05) is 0 Å². The number of nitriles is 1. The first-order chi connectivity index (χ1) is 14.8. The Morgan fingerprint density at radius 1 is 0.742 bits per heavy atom. The van der Waals surface area contributed by atoms with Gasteiger partial charge in [-0.25, -0.2) is 22.0 Å². The van der Waals surface area contributed by atoms with E-state index in [4.69, 9.17) is 5.26 Å². The van der Waals surface area contributed by atoms with Gasteiger partial charge >= 0.3 is 0 Å². The summed E-state index contributed by atoms with van der Waals surface area (Å²) in [5.41, 5.74) is -0.696. The molecule has 0 fully saturated rings. The van der Waals surface area contributed by atoms with E-state index in [2.05, 4.69) is 11.8 Å². The minimum absolute atomic E-state index is 0.0919. The third-order valence-electron chi connectivity index (χ3n) is 4.69. The molecule has 0 aliphatic carbocycles. The van der Waals surface area contributed by atoms with Crippen LogP contribution in [0.5, 0.6) is 0 Å². The van der Waals surface area contributed by atoms with Gasteiger partial charge in [0.1, 0.15) is 40.7 Å². The van der Waals surface area contributed by atoms with Gasteiger partial charge in [-0.3, -0.25) is 0 Å². The number of rotatable bonds is 4. The van der Waals surface area contributed by atoms with Gasteiger partial charge in [0.15, 0.2) is 0 Å². The largest absolute Gasteiger partial charge is 0.206 e. The van der Waals surface area contributed by atoms with E-state index >= 15 is 0 Å². The number of hydrogen-bond donors (Lipinski definition) is 0. The number of aryl methyl sites for hydroxylation is 1. The average molecular weight is 425 g/mol. The molecule has 6 heteroatoms. The Hall–Kier alpha value is -3.64. The summed E-state index contributed by atoms with van der Waals surface area (Å²) in [6.07, 6.45) is 2.26. The smallest absolute Gasteiger partial charge is 0.144 e. The zero-order valence-corrected chi connectivity index (χ0v) is 16.5. The Balaban J connectivity index is 1.91. The fourth-order valence-corrected chi connectivity index (χ4v) is 3.07. The van der Waals surface area contributed by atoms with Gasteiger partial charge < -0.3 is 0 Å². The van der Waals surface area contributed by atoms with E-state index in [9.17, 15) is 22.0 Å². The zero-order valence-electron chi connectivity index (χ0n) is 16.5. The molecule has 3 aromatic carbocycles. The second kappa shape index (κ2) is 9.45. The average Bonchev–Trinajstić information content (AvgIpc) is 2.71. The molecule has 0 saturated heterocycles. The molecule has 31 heavy (non-hydrogen) atoms. The molecule has 0 radical (unpaired) electrons. The van der Waals surface area contributed by atoms with Crippen LogP contribution in [0.4, 0.5) is 22.0 Å². The number of nitrogens with zero attached hydrogens (tertiary/aromatic N) is 1.